The number of hydrogen-bond acceptors (Lipinski definition) is 6. The number of anilines is 2. The molecule has 13 rings (SSSR count). The molecule has 12 nitrogen and oxygen atoms in total. The van der Waals surface area contributed by atoms with Crippen LogP contribution in [-0.2, 0) is 40.8 Å². The van der Waals surface area contributed by atoms with Crippen LogP contribution in [0.5, 0.6) is 0 Å². The van der Waals surface area contributed by atoms with Crippen LogP contribution in [0.3, 0.4) is 0 Å². The van der Waals surface area contributed by atoms with E-state index in [9.17, 15) is 19.2 Å². The van der Waals surface area contributed by atoms with Crippen molar-refractivity contribution >= 4 is 101 Å². The minimum atomic E-state index is -0.265. The van der Waals surface area contributed by atoms with Crippen molar-refractivity contribution in [3.63, 3.8) is 0 Å². The number of carbonyl (C=O) groups is 4. The molecule has 0 radical (unpaired) electrons. The smallest absolute Gasteiger partial charge is 0.227 e. The normalized spacial score (nSPS) is 19.8. The standard InChI is InChI=1S/C43H46N4O2.C42H42N4O2/c1-42(2)36(46(28-26-38(48)44-5)34-24-22-30-16-12-14-18-32(30)40(34)42)20-10-8-7-9-11-21-37-43(3,4)41-33-19-15-13-17-31(33)23-25-35(41)47(37)29-27-39(49)45-6;1-41(2)35-18-8-6-5-7-9-19-36-42(3,4)40-32-17-13-11-15-30(32)21-23-34(40)46(36)27-25-38(48)44-28-43-37(47)24-26-45(35)33-22-20-29-14-10-12-16-31(29)39(33)41/h7-25H,26-29H2,1-6H3,(H-,44,45,48,49);5-23H,24-28H2,1-4H3,(H-,43,44,47,48)/p+2. The molecule has 0 aromatic heterocycles. The Bertz CT molecular complexity index is 4810. The molecule has 5 aliphatic heterocycles. The van der Waals surface area contributed by atoms with Crippen LogP contribution >= 0.6 is 0 Å². The molecule has 5 aliphatic rings. The predicted molar refractivity (Wildman–Crippen MR) is 401 cm³/mol. The first-order chi connectivity index (χ1) is 46.8. The Hall–Kier alpha value is -10.5. The van der Waals surface area contributed by atoms with E-state index in [-0.39, 0.29) is 52.0 Å². The topological polar surface area (TPSA) is 129 Å². The van der Waals surface area contributed by atoms with Gasteiger partial charge in [-0.15, -0.1) is 0 Å². The Morgan fingerprint density at radius 2 is 1.02 bits per heavy atom. The molecule has 0 bridgehead atoms. The minimum absolute atomic E-state index is 0.0310. The fraction of sp³-hybridized carbons (Fsp3) is 0.271. The van der Waals surface area contributed by atoms with Gasteiger partial charge in [-0.3, -0.25) is 19.2 Å². The molecule has 12 heteroatoms. The van der Waals surface area contributed by atoms with E-state index in [1.807, 2.05) is 6.08 Å². The molecule has 5 heterocycles. The van der Waals surface area contributed by atoms with Gasteiger partial charge in [0.25, 0.3) is 0 Å². The second kappa shape index (κ2) is 27.7. The summed E-state index contributed by atoms with van der Waals surface area (Å²) in [6, 6.07) is 51.5. The highest BCUT2D eigenvalue weighted by atomic mass is 16.2. The molecule has 492 valence electrons. The van der Waals surface area contributed by atoms with Crippen molar-refractivity contribution < 1.29 is 28.3 Å². The number of nitrogens with one attached hydrogen (secondary N) is 4. The van der Waals surface area contributed by atoms with E-state index < -0.39 is 0 Å². The Labute approximate surface area is 571 Å². The molecule has 0 saturated heterocycles. The lowest BCUT2D eigenvalue weighted by Crippen LogP contribution is -2.39. The summed E-state index contributed by atoms with van der Waals surface area (Å²) in [5.74, 6) is -0.137. The molecule has 4 amide bonds. The van der Waals surface area contributed by atoms with Crippen molar-refractivity contribution in [1.29, 1.82) is 0 Å². The molecule has 0 fully saturated rings. The molecule has 8 aromatic rings. The van der Waals surface area contributed by atoms with Crippen LogP contribution in [0, 0.1) is 0 Å². The van der Waals surface area contributed by atoms with Gasteiger partial charge in [0.15, 0.2) is 24.5 Å². The highest BCUT2D eigenvalue weighted by Crippen LogP contribution is 2.53. The van der Waals surface area contributed by atoms with Gasteiger partial charge in [0.1, 0.15) is 0 Å². The summed E-state index contributed by atoms with van der Waals surface area (Å²) in [6.45, 7) is 20.5. The van der Waals surface area contributed by atoms with Gasteiger partial charge in [0.05, 0.1) is 30.3 Å². The number of hydrogen-bond donors (Lipinski definition) is 4. The summed E-state index contributed by atoms with van der Waals surface area (Å²) in [4.78, 5) is 55.2. The predicted octanol–water partition coefficient (Wildman–Crippen LogP) is 15.7. The molecule has 0 atom stereocenters. The number of nitrogens with zero attached hydrogens (tertiary/aromatic N) is 4. The van der Waals surface area contributed by atoms with Crippen molar-refractivity contribution in [2.45, 2.75) is 103 Å². The molecular weight excluding hydrogens is 1200 g/mol. The number of benzene rings is 8. The van der Waals surface area contributed by atoms with Crippen LogP contribution in [0.25, 0.3) is 43.1 Å². The Morgan fingerprint density at radius 3 is 1.65 bits per heavy atom. The van der Waals surface area contributed by atoms with Crippen molar-refractivity contribution in [1.82, 2.24) is 21.3 Å². The Kier molecular flexibility index (Phi) is 19.0. The highest BCUT2D eigenvalue weighted by Gasteiger charge is 2.48. The van der Waals surface area contributed by atoms with Crippen LogP contribution in [0.15, 0.2) is 242 Å². The first-order valence-electron chi connectivity index (χ1n) is 34.1. The van der Waals surface area contributed by atoms with Crippen LogP contribution in [-0.4, -0.2) is 91.1 Å². The van der Waals surface area contributed by atoms with E-state index in [2.05, 4.69) is 320 Å². The largest absolute Gasteiger partial charge is 0.359 e. The molecule has 0 saturated carbocycles. The number of carbonyl (C=O) groups excluding carboxylic acids is 4. The monoisotopic (exact) mass is 1290 g/mol. The van der Waals surface area contributed by atoms with Gasteiger partial charge in [-0.25, -0.2) is 0 Å². The Balaban J connectivity index is 0.000000185. The first-order valence-corrected chi connectivity index (χ1v) is 34.1. The molecule has 0 spiro atoms. The van der Waals surface area contributed by atoms with Crippen molar-refractivity contribution in [3.05, 3.63) is 264 Å². The number of rotatable bonds is 10. The van der Waals surface area contributed by atoms with E-state index in [0.717, 1.165) is 34.2 Å². The van der Waals surface area contributed by atoms with E-state index in [0.29, 0.717) is 51.9 Å². The lowest BCUT2D eigenvalue weighted by Gasteiger charge is -2.27. The first kappa shape index (κ1) is 66.6. The SMILES string of the molecule is CC1(C)C2=[N+](CCC(=O)NCNC(=O)CCN3\C(=C/C=C/C=C/C=C/2)C(C)(C)c2c3ccc3ccccc23)c2ccc3ccccc3c21.CNC(=O)CCN1\C(=C/C=C/C=C/C=C/C2=[N+](CCC(=O)NC)c3ccc4ccccc4c3C2(C)C)C(C)(C)c2c1ccc1ccccc21. The third-order valence-corrected chi connectivity index (χ3v) is 20.3. The minimum Gasteiger partial charge on any atom is -0.359 e. The third-order valence-electron chi connectivity index (χ3n) is 20.3. The Morgan fingerprint density at radius 1 is 0.515 bits per heavy atom. The molecule has 8 aromatic carbocycles. The van der Waals surface area contributed by atoms with Gasteiger partial charge in [0, 0.05) is 109 Å². The van der Waals surface area contributed by atoms with Crippen molar-refractivity contribution in [2.24, 2.45) is 0 Å². The van der Waals surface area contributed by atoms with Gasteiger partial charge >= 0.3 is 0 Å². The summed E-state index contributed by atoms with van der Waals surface area (Å²) in [5.41, 5.74) is 13.4. The van der Waals surface area contributed by atoms with Crippen LogP contribution < -0.4 is 31.1 Å². The lowest BCUT2D eigenvalue weighted by atomic mass is 9.79. The molecule has 0 aliphatic carbocycles. The summed E-state index contributed by atoms with van der Waals surface area (Å²) >= 11 is 0. The number of fused-ring (bicyclic) bond motifs is 15. The van der Waals surface area contributed by atoms with E-state index in [1.54, 1.807) is 14.1 Å². The van der Waals surface area contributed by atoms with Crippen molar-refractivity contribution in [2.75, 3.05) is 56.7 Å². The molecular formula is C85H90N8O4+2. The second-order valence-electron chi connectivity index (χ2n) is 27.7. The molecule has 97 heavy (non-hydrogen) atoms. The van der Waals surface area contributed by atoms with Gasteiger partial charge in [-0.1, -0.05) is 198 Å². The maximum absolute atomic E-state index is 13.1. The second-order valence-corrected chi connectivity index (χ2v) is 27.7. The fourth-order valence-electron chi connectivity index (χ4n) is 15.6. The summed E-state index contributed by atoms with van der Waals surface area (Å²) in [6.07, 6.45) is 30.9. The van der Waals surface area contributed by atoms with Gasteiger partial charge in [0.2, 0.25) is 35.0 Å². The summed E-state index contributed by atoms with van der Waals surface area (Å²) in [7, 11) is 3.38. The molecule has 4 N–H and O–H groups in total. The zero-order valence-corrected chi connectivity index (χ0v) is 57.7. The summed E-state index contributed by atoms with van der Waals surface area (Å²) < 4.78 is 4.58. The van der Waals surface area contributed by atoms with Crippen LogP contribution in [0.1, 0.15) is 103 Å². The van der Waals surface area contributed by atoms with Gasteiger partial charge in [-0.05, 0) is 118 Å². The summed E-state index contributed by atoms with van der Waals surface area (Å²) in [5, 5.41) is 21.2. The zero-order valence-electron chi connectivity index (χ0n) is 57.7. The quantitative estimate of drug-likeness (QED) is 0.0797. The lowest BCUT2D eigenvalue weighted by molar-refractivity contribution is -0.436. The fourth-order valence-corrected chi connectivity index (χ4v) is 15.6. The van der Waals surface area contributed by atoms with Gasteiger partial charge < -0.3 is 31.1 Å². The van der Waals surface area contributed by atoms with Gasteiger partial charge in [-0.2, -0.15) is 9.15 Å². The van der Waals surface area contributed by atoms with Crippen molar-refractivity contribution in [3.8, 4) is 0 Å². The van der Waals surface area contributed by atoms with Crippen LogP contribution in [0.2, 0.25) is 0 Å². The highest BCUT2D eigenvalue weighted by molar-refractivity contribution is 6.09. The van der Waals surface area contributed by atoms with E-state index in [1.165, 1.54) is 76.8 Å². The maximum atomic E-state index is 13.1. The maximum Gasteiger partial charge on any atom is 0.227 e. The molecule has 0 unspecified atom stereocenters. The van der Waals surface area contributed by atoms with E-state index in [4.69, 9.17) is 0 Å². The third kappa shape index (κ3) is 12.8. The zero-order chi connectivity index (χ0) is 68.2. The number of amides is 4. The van der Waals surface area contributed by atoms with Crippen LogP contribution in [0.4, 0.5) is 22.7 Å². The average Bonchev–Trinajstić information content (AvgIpc) is 1.61. The average molecular weight is 1290 g/mol. The number of allylic oxidation sites excluding steroid dienone is 16. The van der Waals surface area contributed by atoms with E-state index >= 15 is 0 Å².